The largest absolute Gasteiger partial charge is 0.451 e. The van der Waals surface area contributed by atoms with Gasteiger partial charge in [-0.25, -0.2) is 9.97 Å². The van der Waals surface area contributed by atoms with Crippen molar-refractivity contribution in [3.05, 3.63) is 12.0 Å². The topological polar surface area (TPSA) is 55.0 Å². The van der Waals surface area contributed by atoms with Gasteiger partial charge < -0.3 is 10.6 Å². The third-order valence-corrected chi connectivity index (χ3v) is 2.46. The van der Waals surface area contributed by atoms with Crippen molar-refractivity contribution in [2.45, 2.75) is 19.0 Å². The Bertz CT molecular complexity index is 385. The first-order chi connectivity index (χ1) is 7.48. The molecule has 0 aromatic carbocycles. The normalized spacial score (nSPS) is 16.8. The van der Waals surface area contributed by atoms with E-state index in [2.05, 4.69) is 9.97 Å². The number of hydrogen-bond donors (Lipinski definition) is 1. The first-order valence-corrected chi connectivity index (χ1v) is 4.93. The Morgan fingerprint density at radius 3 is 2.44 bits per heavy atom. The lowest BCUT2D eigenvalue weighted by atomic mass is 10.4. The maximum Gasteiger partial charge on any atom is 0.451 e. The molecule has 1 aromatic rings. The van der Waals surface area contributed by atoms with Crippen molar-refractivity contribution in [1.29, 1.82) is 0 Å². The van der Waals surface area contributed by atoms with Crippen LogP contribution < -0.4 is 10.6 Å². The van der Waals surface area contributed by atoms with Gasteiger partial charge in [0.05, 0.1) is 11.9 Å². The van der Waals surface area contributed by atoms with Crippen molar-refractivity contribution in [2.75, 3.05) is 23.7 Å². The summed E-state index contributed by atoms with van der Waals surface area (Å²) >= 11 is 0. The highest BCUT2D eigenvalue weighted by Crippen LogP contribution is 2.30. The molecule has 1 aromatic heterocycles. The minimum atomic E-state index is -4.53. The molecule has 1 saturated heterocycles. The highest BCUT2D eigenvalue weighted by Gasteiger charge is 2.35. The number of halogens is 3. The van der Waals surface area contributed by atoms with Gasteiger partial charge in [-0.15, -0.1) is 0 Å². The fourth-order valence-corrected chi connectivity index (χ4v) is 1.70. The number of alkyl halides is 3. The van der Waals surface area contributed by atoms with Crippen LogP contribution in [0.2, 0.25) is 0 Å². The van der Waals surface area contributed by atoms with Crippen LogP contribution in [0, 0.1) is 0 Å². The number of rotatable bonds is 1. The maximum atomic E-state index is 12.4. The van der Waals surface area contributed by atoms with Crippen molar-refractivity contribution in [2.24, 2.45) is 0 Å². The molecule has 0 spiro atoms. The predicted octanol–water partition coefficient (Wildman–Crippen LogP) is 1.68. The van der Waals surface area contributed by atoms with Crippen molar-refractivity contribution in [3.8, 4) is 0 Å². The second kappa shape index (κ2) is 3.80. The van der Waals surface area contributed by atoms with Crippen molar-refractivity contribution < 1.29 is 13.2 Å². The lowest BCUT2D eigenvalue weighted by Crippen LogP contribution is -2.23. The van der Waals surface area contributed by atoms with E-state index in [1.54, 1.807) is 4.90 Å². The number of hydrogen-bond acceptors (Lipinski definition) is 4. The van der Waals surface area contributed by atoms with Gasteiger partial charge in [-0.3, -0.25) is 0 Å². The number of nitrogen functional groups attached to an aromatic ring is 1. The molecule has 0 amide bonds. The lowest BCUT2D eigenvalue weighted by molar-refractivity contribution is -0.144. The third kappa shape index (κ3) is 2.02. The Morgan fingerprint density at radius 2 is 1.88 bits per heavy atom. The van der Waals surface area contributed by atoms with Crippen LogP contribution in [0.25, 0.3) is 0 Å². The summed E-state index contributed by atoms with van der Waals surface area (Å²) in [6.45, 7) is 1.39. The van der Waals surface area contributed by atoms with Gasteiger partial charge in [-0.2, -0.15) is 13.2 Å². The zero-order valence-electron chi connectivity index (χ0n) is 8.46. The average molecular weight is 232 g/mol. The van der Waals surface area contributed by atoms with Crippen LogP contribution >= 0.6 is 0 Å². The predicted molar refractivity (Wildman–Crippen MR) is 52.9 cm³/mol. The summed E-state index contributed by atoms with van der Waals surface area (Å²) in [5.41, 5.74) is 5.77. The summed E-state index contributed by atoms with van der Waals surface area (Å²) in [5.74, 6) is -0.941. The smallest absolute Gasteiger partial charge is 0.394 e. The average Bonchev–Trinajstić information content (AvgIpc) is 2.69. The number of aromatic nitrogens is 2. The van der Waals surface area contributed by atoms with Crippen LogP contribution in [-0.4, -0.2) is 23.1 Å². The fourth-order valence-electron chi connectivity index (χ4n) is 1.70. The van der Waals surface area contributed by atoms with E-state index in [0.717, 1.165) is 19.0 Å². The Kier molecular flexibility index (Phi) is 2.61. The molecular weight excluding hydrogens is 221 g/mol. The number of nitrogens with two attached hydrogens (primary N) is 1. The van der Waals surface area contributed by atoms with Crippen LogP contribution in [0.4, 0.5) is 24.7 Å². The van der Waals surface area contributed by atoms with Gasteiger partial charge in [0, 0.05) is 13.1 Å². The molecule has 0 saturated carbocycles. The van der Waals surface area contributed by atoms with E-state index in [1.165, 1.54) is 0 Å². The summed E-state index contributed by atoms with van der Waals surface area (Å²) < 4.78 is 37.2. The van der Waals surface area contributed by atoms with Crippen molar-refractivity contribution >= 4 is 11.5 Å². The molecule has 1 aliphatic heterocycles. The summed E-state index contributed by atoms with van der Waals surface area (Å²) in [5, 5.41) is 0. The zero-order valence-corrected chi connectivity index (χ0v) is 8.46. The van der Waals surface area contributed by atoms with Gasteiger partial charge in [0.1, 0.15) is 0 Å². The zero-order chi connectivity index (χ0) is 11.8. The Balaban J connectivity index is 2.36. The van der Waals surface area contributed by atoms with Crippen LogP contribution in [-0.2, 0) is 6.18 Å². The van der Waals surface area contributed by atoms with E-state index >= 15 is 0 Å². The molecular formula is C9H11F3N4. The third-order valence-electron chi connectivity index (χ3n) is 2.46. The molecule has 2 heterocycles. The molecule has 0 radical (unpaired) electrons. The number of anilines is 2. The minimum Gasteiger partial charge on any atom is -0.394 e. The van der Waals surface area contributed by atoms with Gasteiger partial charge in [0.25, 0.3) is 0 Å². The summed E-state index contributed by atoms with van der Waals surface area (Å²) in [6.07, 6.45) is -1.61. The molecule has 1 fully saturated rings. The van der Waals surface area contributed by atoms with Crippen LogP contribution in [0.1, 0.15) is 18.7 Å². The van der Waals surface area contributed by atoms with Gasteiger partial charge in [0.2, 0.25) is 5.82 Å². The SMILES string of the molecule is Nc1cnc(C(F)(F)F)nc1N1CCCC1. The highest BCUT2D eigenvalue weighted by molar-refractivity contribution is 5.61. The maximum absolute atomic E-state index is 12.4. The van der Waals surface area contributed by atoms with E-state index < -0.39 is 12.0 Å². The monoisotopic (exact) mass is 232 g/mol. The summed E-state index contributed by atoms with van der Waals surface area (Å²) in [6, 6.07) is 0. The molecule has 0 bridgehead atoms. The van der Waals surface area contributed by atoms with E-state index in [4.69, 9.17) is 5.73 Å². The molecule has 0 aliphatic carbocycles. The second-order valence-corrected chi connectivity index (χ2v) is 3.66. The standard InChI is InChI=1S/C9H11F3N4/c10-9(11,12)8-14-5-6(13)7(15-8)16-3-1-2-4-16/h5H,1-4,13H2. The fraction of sp³-hybridized carbons (Fsp3) is 0.556. The Morgan fingerprint density at radius 1 is 1.25 bits per heavy atom. The van der Waals surface area contributed by atoms with E-state index in [0.29, 0.717) is 13.1 Å². The van der Waals surface area contributed by atoms with E-state index in [9.17, 15) is 13.2 Å². The molecule has 0 unspecified atom stereocenters. The Hall–Kier alpha value is -1.53. The Labute approximate surface area is 90.3 Å². The number of nitrogens with zero attached hydrogens (tertiary/aromatic N) is 3. The molecule has 4 nitrogen and oxygen atoms in total. The molecule has 16 heavy (non-hydrogen) atoms. The van der Waals surface area contributed by atoms with Gasteiger partial charge in [0.15, 0.2) is 5.82 Å². The first kappa shape index (κ1) is 11.0. The van der Waals surface area contributed by atoms with E-state index in [-0.39, 0.29) is 11.5 Å². The molecule has 1 aliphatic rings. The van der Waals surface area contributed by atoms with Crippen molar-refractivity contribution in [3.63, 3.8) is 0 Å². The van der Waals surface area contributed by atoms with Crippen LogP contribution in [0.15, 0.2) is 6.20 Å². The van der Waals surface area contributed by atoms with Gasteiger partial charge in [-0.1, -0.05) is 0 Å². The molecule has 0 atom stereocenters. The van der Waals surface area contributed by atoms with Gasteiger partial charge in [-0.05, 0) is 12.8 Å². The van der Waals surface area contributed by atoms with Crippen LogP contribution in [0.3, 0.4) is 0 Å². The summed E-state index contributed by atoms with van der Waals surface area (Å²) in [4.78, 5) is 8.44. The molecule has 2 rings (SSSR count). The first-order valence-electron chi connectivity index (χ1n) is 4.93. The van der Waals surface area contributed by atoms with Crippen LogP contribution in [0.5, 0.6) is 0 Å². The van der Waals surface area contributed by atoms with Gasteiger partial charge >= 0.3 is 6.18 Å². The molecule has 88 valence electrons. The minimum absolute atomic E-state index is 0.190. The van der Waals surface area contributed by atoms with E-state index in [1.807, 2.05) is 0 Å². The van der Waals surface area contributed by atoms with Crippen molar-refractivity contribution in [1.82, 2.24) is 9.97 Å². The quantitative estimate of drug-likeness (QED) is 0.800. The second-order valence-electron chi connectivity index (χ2n) is 3.66. The summed E-state index contributed by atoms with van der Waals surface area (Å²) in [7, 11) is 0. The molecule has 2 N–H and O–H groups in total. The lowest BCUT2D eigenvalue weighted by Gasteiger charge is -2.18. The highest BCUT2D eigenvalue weighted by atomic mass is 19.4. The molecule has 7 heteroatoms.